The molecule has 29 heavy (non-hydrogen) atoms. The molecule has 3 aromatic rings. The van der Waals surface area contributed by atoms with Gasteiger partial charge in [-0.25, -0.2) is 27.4 Å². The summed E-state index contributed by atoms with van der Waals surface area (Å²) in [7, 11) is -0.639. The van der Waals surface area contributed by atoms with Crippen molar-refractivity contribution >= 4 is 45.0 Å². The molecule has 2 heterocycles. The molecule has 0 bridgehead atoms. The van der Waals surface area contributed by atoms with Gasteiger partial charge in [0.15, 0.2) is 0 Å². The monoisotopic (exact) mass is 452 g/mol. The minimum atomic E-state index is -3.54. The lowest BCUT2D eigenvalue weighted by Gasteiger charge is -2.12. The number of pyridine rings is 1. The van der Waals surface area contributed by atoms with Crippen molar-refractivity contribution in [2.24, 2.45) is 0 Å². The van der Waals surface area contributed by atoms with Crippen molar-refractivity contribution in [3.8, 4) is 5.69 Å². The Morgan fingerprint density at radius 1 is 1.28 bits per heavy atom. The van der Waals surface area contributed by atoms with E-state index in [1.807, 2.05) is 0 Å². The number of anilines is 1. The molecule has 0 saturated carbocycles. The lowest BCUT2D eigenvalue weighted by atomic mass is 10.2. The number of carbonyl (C=O) groups excluding carboxylic acids is 1. The zero-order valence-corrected chi connectivity index (χ0v) is 17.9. The smallest absolute Gasteiger partial charge is 0.244 e. The molecule has 0 fully saturated rings. The van der Waals surface area contributed by atoms with E-state index in [-0.39, 0.29) is 16.6 Å². The first-order chi connectivity index (χ1) is 13.8. The van der Waals surface area contributed by atoms with Gasteiger partial charge >= 0.3 is 0 Å². The topological polar surface area (TPSA) is 110 Å². The molecule has 3 rings (SSSR count). The number of aromatic nitrogens is 4. The number of nitrogens with zero attached hydrogens (tertiary/aromatic N) is 5. The first-order valence-corrected chi connectivity index (χ1v) is 11.0. The van der Waals surface area contributed by atoms with Gasteiger partial charge in [0.1, 0.15) is 17.6 Å². The Balaban J connectivity index is 1.66. The Kier molecular flexibility index (Phi) is 6.52. The molecule has 0 spiro atoms. The Labute approximate surface area is 177 Å². The van der Waals surface area contributed by atoms with Crippen LogP contribution in [0, 0.1) is 0 Å². The van der Waals surface area contributed by atoms with E-state index in [9.17, 15) is 13.2 Å². The maximum atomic E-state index is 12.4. The van der Waals surface area contributed by atoms with Crippen LogP contribution in [0.15, 0.2) is 59.1 Å². The third kappa shape index (κ3) is 5.12. The molecular weight excluding hydrogens is 436 g/mol. The van der Waals surface area contributed by atoms with Gasteiger partial charge in [-0.05, 0) is 30.3 Å². The van der Waals surface area contributed by atoms with Crippen LogP contribution in [0.5, 0.6) is 0 Å². The number of benzene rings is 1. The van der Waals surface area contributed by atoms with E-state index in [0.29, 0.717) is 21.4 Å². The van der Waals surface area contributed by atoms with E-state index in [1.54, 1.807) is 24.3 Å². The van der Waals surface area contributed by atoms with E-state index in [2.05, 4.69) is 20.4 Å². The molecule has 0 aliphatic heterocycles. The maximum Gasteiger partial charge on any atom is 0.244 e. The quantitative estimate of drug-likeness (QED) is 0.547. The normalized spacial score (nSPS) is 11.6. The fourth-order valence-electron chi connectivity index (χ4n) is 2.28. The number of carbonyl (C=O) groups is 1. The lowest BCUT2D eigenvalue weighted by Crippen LogP contribution is -2.22. The Bertz CT molecular complexity index is 1100. The average molecular weight is 453 g/mol. The van der Waals surface area contributed by atoms with E-state index >= 15 is 0 Å². The summed E-state index contributed by atoms with van der Waals surface area (Å²) in [5.41, 5.74) is 1.12. The maximum absolute atomic E-state index is 12.4. The molecule has 0 radical (unpaired) electrons. The van der Waals surface area contributed by atoms with Gasteiger partial charge in [0, 0.05) is 25.3 Å². The van der Waals surface area contributed by atoms with Gasteiger partial charge in [-0.2, -0.15) is 5.10 Å². The molecule has 1 N–H and O–H groups in total. The fourth-order valence-corrected chi connectivity index (χ4v) is 3.94. The number of hydrogen-bond acceptors (Lipinski definition) is 7. The molecule has 0 aliphatic carbocycles. The summed E-state index contributed by atoms with van der Waals surface area (Å²) in [5.74, 6) is -0.193. The standard InChI is InChI=1S/C17H17ClN6O3S2/c1-23(2)29(26,27)13-4-6-17(20-8-13)28-9-16(25)22-14-7-12(18)3-5-15(14)24-11-19-10-21-24/h3-8,10-11H,9H2,1-2H3,(H,22,25). The van der Waals surface area contributed by atoms with Crippen LogP contribution in [0.2, 0.25) is 5.02 Å². The number of halogens is 1. The number of thioether (sulfide) groups is 1. The number of rotatable bonds is 7. The zero-order chi connectivity index (χ0) is 21.0. The molecule has 0 saturated heterocycles. The van der Waals surface area contributed by atoms with Crippen molar-refractivity contribution in [3.05, 3.63) is 54.2 Å². The van der Waals surface area contributed by atoms with Crippen molar-refractivity contribution in [3.63, 3.8) is 0 Å². The van der Waals surface area contributed by atoms with E-state index in [1.165, 1.54) is 55.5 Å². The van der Waals surface area contributed by atoms with Crippen LogP contribution in [0.3, 0.4) is 0 Å². The molecule has 0 atom stereocenters. The van der Waals surface area contributed by atoms with Crippen LogP contribution in [0.4, 0.5) is 5.69 Å². The predicted octanol–water partition coefficient (Wildman–Crippen LogP) is 2.30. The number of nitrogens with one attached hydrogen (secondary N) is 1. The van der Waals surface area contributed by atoms with Gasteiger partial charge in [-0.3, -0.25) is 4.79 Å². The van der Waals surface area contributed by atoms with Crippen molar-refractivity contribution in [1.29, 1.82) is 0 Å². The molecule has 0 aliphatic rings. The van der Waals surface area contributed by atoms with Crippen molar-refractivity contribution in [1.82, 2.24) is 24.1 Å². The Morgan fingerprint density at radius 3 is 2.69 bits per heavy atom. The highest BCUT2D eigenvalue weighted by Crippen LogP contribution is 2.25. The summed E-state index contributed by atoms with van der Waals surface area (Å²) in [4.78, 5) is 20.5. The molecule has 9 nitrogen and oxygen atoms in total. The van der Waals surface area contributed by atoms with Crippen LogP contribution in [0.1, 0.15) is 0 Å². The molecule has 1 amide bonds. The minimum absolute atomic E-state index is 0.0795. The van der Waals surface area contributed by atoms with Gasteiger partial charge in [0.05, 0.1) is 22.2 Å². The van der Waals surface area contributed by atoms with Crippen molar-refractivity contribution < 1.29 is 13.2 Å². The summed E-state index contributed by atoms with van der Waals surface area (Å²) in [5, 5.41) is 7.86. The van der Waals surface area contributed by atoms with E-state index in [4.69, 9.17) is 11.6 Å². The lowest BCUT2D eigenvalue weighted by molar-refractivity contribution is -0.113. The minimum Gasteiger partial charge on any atom is -0.323 e. The third-order valence-corrected chi connectivity index (χ3v) is 6.71. The number of sulfonamides is 1. The summed E-state index contributed by atoms with van der Waals surface area (Å²) in [6.45, 7) is 0. The molecule has 0 unspecified atom stereocenters. The SMILES string of the molecule is CN(C)S(=O)(=O)c1ccc(SCC(=O)Nc2cc(Cl)ccc2-n2cncn2)nc1. The first kappa shape index (κ1) is 21.2. The second-order valence-electron chi connectivity index (χ2n) is 5.96. The first-order valence-electron chi connectivity index (χ1n) is 8.23. The van der Waals surface area contributed by atoms with Crippen LogP contribution < -0.4 is 5.32 Å². The van der Waals surface area contributed by atoms with Crippen molar-refractivity contribution in [2.75, 3.05) is 25.2 Å². The summed E-state index contributed by atoms with van der Waals surface area (Å²) >= 11 is 7.23. The highest BCUT2D eigenvalue weighted by Gasteiger charge is 2.17. The second kappa shape index (κ2) is 8.91. The molecular formula is C17H17ClN6O3S2. The third-order valence-electron chi connectivity index (χ3n) is 3.74. The summed E-state index contributed by atoms with van der Waals surface area (Å²) < 4.78 is 26.8. The van der Waals surface area contributed by atoms with Gasteiger partial charge < -0.3 is 5.32 Å². The average Bonchev–Trinajstić information content (AvgIpc) is 3.21. The van der Waals surface area contributed by atoms with Crippen LogP contribution in [0.25, 0.3) is 5.69 Å². The summed E-state index contributed by atoms with van der Waals surface area (Å²) in [6.07, 6.45) is 4.18. The zero-order valence-electron chi connectivity index (χ0n) is 15.5. The molecule has 1 aromatic carbocycles. The molecule has 152 valence electrons. The van der Waals surface area contributed by atoms with Crippen molar-refractivity contribution in [2.45, 2.75) is 9.92 Å². The number of amides is 1. The largest absolute Gasteiger partial charge is 0.323 e. The predicted molar refractivity (Wildman–Crippen MR) is 111 cm³/mol. The van der Waals surface area contributed by atoms with Crippen LogP contribution in [-0.2, 0) is 14.8 Å². The van der Waals surface area contributed by atoms with Crippen LogP contribution in [-0.4, -0.2) is 58.2 Å². The summed E-state index contributed by atoms with van der Waals surface area (Å²) in [6, 6.07) is 8.07. The Hall–Kier alpha value is -2.47. The second-order valence-corrected chi connectivity index (χ2v) is 9.54. The highest BCUT2D eigenvalue weighted by atomic mass is 35.5. The van der Waals surface area contributed by atoms with Gasteiger partial charge in [-0.15, -0.1) is 0 Å². The molecule has 2 aromatic heterocycles. The Morgan fingerprint density at radius 2 is 2.07 bits per heavy atom. The van der Waals surface area contributed by atoms with Crippen LogP contribution >= 0.6 is 23.4 Å². The van der Waals surface area contributed by atoms with Gasteiger partial charge in [0.2, 0.25) is 15.9 Å². The highest BCUT2D eigenvalue weighted by molar-refractivity contribution is 7.99. The van der Waals surface area contributed by atoms with Gasteiger partial charge in [-0.1, -0.05) is 23.4 Å². The molecule has 12 heteroatoms. The van der Waals surface area contributed by atoms with Gasteiger partial charge in [0.25, 0.3) is 0 Å². The fraction of sp³-hybridized carbons (Fsp3) is 0.176. The van der Waals surface area contributed by atoms with E-state index in [0.717, 1.165) is 4.31 Å². The van der Waals surface area contributed by atoms with E-state index < -0.39 is 10.0 Å². The number of hydrogen-bond donors (Lipinski definition) is 1.